The molecule has 0 heterocycles. The molecule has 8 nitrogen and oxygen atoms in total. The van der Waals surface area contributed by atoms with Crippen LogP contribution in [0.1, 0.15) is 12.5 Å². The molecule has 0 fully saturated rings. The Morgan fingerprint density at radius 3 is 2.71 bits per heavy atom. The molecule has 1 aromatic carbocycles. The van der Waals surface area contributed by atoms with Gasteiger partial charge in [0.2, 0.25) is 5.91 Å². The first-order valence-electron chi connectivity index (χ1n) is 5.93. The SMILES string of the molecule is CC(COc1cc(C=CC(=O)O)ccc1[N+](=O)[O-])C(N)=O. The van der Waals surface area contributed by atoms with Crippen molar-refractivity contribution < 1.29 is 24.4 Å². The van der Waals surface area contributed by atoms with Crippen LogP contribution in [-0.4, -0.2) is 28.5 Å². The van der Waals surface area contributed by atoms with Gasteiger partial charge in [0.15, 0.2) is 5.75 Å². The predicted octanol–water partition coefficient (Wildman–Crippen LogP) is 1.19. The molecule has 0 aliphatic heterocycles. The number of aliphatic carboxylic acids is 1. The molecule has 0 aromatic heterocycles. The Kier molecular flexibility index (Phi) is 5.41. The van der Waals surface area contributed by atoms with Crippen molar-refractivity contribution >= 4 is 23.6 Å². The van der Waals surface area contributed by atoms with E-state index in [1.807, 2.05) is 0 Å². The van der Waals surface area contributed by atoms with Gasteiger partial charge in [0.1, 0.15) is 0 Å². The summed E-state index contributed by atoms with van der Waals surface area (Å²) >= 11 is 0. The first-order chi connectivity index (χ1) is 9.81. The molecule has 0 saturated carbocycles. The maximum absolute atomic E-state index is 10.9. The van der Waals surface area contributed by atoms with E-state index in [0.29, 0.717) is 5.56 Å². The minimum Gasteiger partial charge on any atom is -0.486 e. The van der Waals surface area contributed by atoms with E-state index in [4.69, 9.17) is 15.6 Å². The zero-order valence-electron chi connectivity index (χ0n) is 11.2. The van der Waals surface area contributed by atoms with E-state index in [2.05, 4.69) is 0 Å². The van der Waals surface area contributed by atoms with Gasteiger partial charge < -0.3 is 15.6 Å². The Labute approximate surface area is 120 Å². The zero-order chi connectivity index (χ0) is 16.0. The molecule has 112 valence electrons. The number of benzene rings is 1. The van der Waals surface area contributed by atoms with Gasteiger partial charge in [-0.25, -0.2) is 4.79 Å². The summed E-state index contributed by atoms with van der Waals surface area (Å²) in [5, 5.41) is 19.4. The quantitative estimate of drug-likeness (QED) is 0.441. The highest BCUT2D eigenvalue weighted by atomic mass is 16.6. The van der Waals surface area contributed by atoms with Gasteiger partial charge in [0.25, 0.3) is 0 Å². The number of carbonyl (C=O) groups is 2. The summed E-state index contributed by atoms with van der Waals surface area (Å²) in [7, 11) is 0. The van der Waals surface area contributed by atoms with Crippen LogP contribution in [-0.2, 0) is 9.59 Å². The molecule has 1 amide bonds. The molecule has 0 saturated heterocycles. The van der Waals surface area contributed by atoms with Crippen LogP contribution in [0, 0.1) is 16.0 Å². The minimum absolute atomic E-state index is 0.0550. The fraction of sp³-hybridized carbons (Fsp3) is 0.231. The molecule has 1 unspecified atom stereocenters. The minimum atomic E-state index is -1.14. The summed E-state index contributed by atoms with van der Waals surface area (Å²) in [4.78, 5) is 31.6. The molecule has 21 heavy (non-hydrogen) atoms. The second-order valence-electron chi connectivity index (χ2n) is 4.27. The Morgan fingerprint density at radius 2 is 2.19 bits per heavy atom. The van der Waals surface area contributed by atoms with Gasteiger partial charge in [-0.3, -0.25) is 14.9 Å². The molecule has 0 aliphatic carbocycles. The van der Waals surface area contributed by atoms with Gasteiger partial charge in [-0.2, -0.15) is 0 Å². The van der Waals surface area contributed by atoms with E-state index in [1.165, 1.54) is 31.2 Å². The first kappa shape index (κ1) is 16.2. The summed E-state index contributed by atoms with van der Waals surface area (Å²) in [6, 6.07) is 3.92. The number of nitro groups is 1. The second-order valence-corrected chi connectivity index (χ2v) is 4.27. The Balaban J connectivity index is 3.01. The Morgan fingerprint density at radius 1 is 1.52 bits per heavy atom. The molecule has 0 spiro atoms. The third-order valence-corrected chi connectivity index (χ3v) is 2.57. The van der Waals surface area contributed by atoms with Gasteiger partial charge in [-0.1, -0.05) is 6.92 Å². The Bertz CT molecular complexity index is 596. The Hall–Kier alpha value is -2.90. The van der Waals surface area contributed by atoms with Crippen LogP contribution in [0.5, 0.6) is 5.75 Å². The molecule has 1 rings (SSSR count). The summed E-state index contributed by atoms with van der Waals surface area (Å²) in [5.41, 5.74) is 5.22. The van der Waals surface area contributed by atoms with Crippen molar-refractivity contribution in [3.8, 4) is 5.75 Å². The van der Waals surface area contributed by atoms with Gasteiger partial charge in [0.05, 0.1) is 17.4 Å². The number of hydrogen-bond acceptors (Lipinski definition) is 5. The molecule has 3 N–H and O–H groups in total. The molecule has 1 atom stereocenters. The van der Waals surface area contributed by atoms with Crippen LogP contribution in [0.25, 0.3) is 6.08 Å². The topological polar surface area (TPSA) is 133 Å². The molecule has 0 radical (unpaired) electrons. The fourth-order valence-corrected chi connectivity index (χ4v) is 1.37. The molecule has 1 aromatic rings. The van der Waals surface area contributed by atoms with E-state index in [1.54, 1.807) is 0 Å². The summed E-state index contributed by atoms with van der Waals surface area (Å²) in [6.45, 7) is 1.42. The van der Waals surface area contributed by atoms with E-state index < -0.39 is 22.7 Å². The number of nitrogens with zero attached hydrogens (tertiary/aromatic N) is 1. The van der Waals surface area contributed by atoms with Crippen molar-refractivity contribution in [1.29, 1.82) is 0 Å². The standard InChI is InChI=1S/C13H14N2O6/c1-8(13(14)18)7-21-11-6-9(3-5-12(16)17)2-4-10(11)15(19)20/h2-6,8H,7H2,1H3,(H2,14,18)(H,16,17). The highest BCUT2D eigenvalue weighted by molar-refractivity contribution is 5.85. The number of nitro benzene ring substituents is 1. The normalized spacial score (nSPS) is 12.0. The summed E-state index contributed by atoms with van der Waals surface area (Å²) in [5.74, 6) is -2.39. The van der Waals surface area contributed by atoms with Crippen molar-refractivity contribution in [2.24, 2.45) is 11.7 Å². The molecular weight excluding hydrogens is 280 g/mol. The molecule has 0 bridgehead atoms. The van der Waals surface area contributed by atoms with Crippen LogP contribution >= 0.6 is 0 Å². The van der Waals surface area contributed by atoms with Crippen molar-refractivity contribution in [1.82, 2.24) is 0 Å². The average Bonchev–Trinajstić information content (AvgIpc) is 2.42. The third-order valence-electron chi connectivity index (χ3n) is 2.57. The zero-order valence-corrected chi connectivity index (χ0v) is 11.2. The maximum Gasteiger partial charge on any atom is 0.328 e. The van der Waals surface area contributed by atoms with E-state index >= 15 is 0 Å². The van der Waals surface area contributed by atoms with Gasteiger partial charge in [0, 0.05) is 12.1 Å². The number of carboxylic acids is 1. The predicted molar refractivity (Wildman–Crippen MR) is 73.6 cm³/mol. The van der Waals surface area contributed by atoms with Crippen molar-refractivity contribution in [2.75, 3.05) is 6.61 Å². The van der Waals surface area contributed by atoms with E-state index in [-0.39, 0.29) is 18.0 Å². The van der Waals surface area contributed by atoms with E-state index in [9.17, 15) is 19.7 Å². The van der Waals surface area contributed by atoms with Gasteiger partial charge in [-0.15, -0.1) is 0 Å². The van der Waals surface area contributed by atoms with Crippen LogP contribution in [0.2, 0.25) is 0 Å². The highest BCUT2D eigenvalue weighted by Gasteiger charge is 2.17. The van der Waals surface area contributed by atoms with Crippen molar-refractivity contribution in [2.45, 2.75) is 6.92 Å². The molecule has 0 aliphatic rings. The lowest BCUT2D eigenvalue weighted by atomic mass is 10.1. The van der Waals surface area contributed by atoms with Crippen LogP contribution in [0.4, 0.5) is 5.69 Å². The van der Waals surface area contributed by atoms with E-state index in [0.717, 1.165) is 6.08 Å². The number of rotatable bonds is 7. The second kappa shape index (κ2) is 7.04. The monoisotopic (exact) mass is 294 g/mol. The lowest BCUT2D eigenvalue weighted by Gasteiger charge is -2.10. The highest BCUT2D eigenvalue weighted by Crippen LogP contribution is 2.28. The number of carbonyl (C=O) groups excluding carboxylic acids is 1. The molecule has 8 heteroatoms. The molecular formula is C13H14N2O6. The number of amides is 1. The fourth-order valence-electron chi connectivity index (χ4n) is 1.37. The average molecular weight is 294 g/mol. The number of nitrogens with two attached hydrogens (primary N) is 1. The van der Waals surface area contributed by atoms with Crippen LogP contribution in [0.15, 0.2) is 24.3 Å². The summed E-state index contributed by atoms with van der Waals surface area (Å²) < 4.78 is 5.25. The lowest BCUT2D eigenvalue weighted by molar-refractivity contribution is -0.385. The lowest BCUT2D eigenvalue weighted by Crippen LogP contribution is -2.25. The van der Waals surface area contributed by atoms with Gasteiger partial charge in [-0.05, 0) is 23.8 Å². The maximum atomic E-state index is 10.9. The smallest absolute Gasteiger partial charge is 0.328 e. The van der Waals surface area contributed by atoms with Crippen LogP contribution in [0.3, 0.4) is 0 Å². The third kappa shape index (κ3) is 4.94. The summed E-state index contributed by atoms with van der Waals surface area (Å²) in [6.07, 6.45) is 2.17. The van der Waals surface area contributed by atoms with Crippen LogP contribution < -0.4 is 10.5 Å². The van der Waals surface area contributed by atoms with Gasteiger partial charge >= 0.3 is 11.7 Å². The number of primary amides is 1. The number of carboxylic acid groups (broad SMARTS) is 1. The van der Waals surface area contributed by atoms with Crippen molar-refractivity contribution in [3.05, 3.63) is 40.0 Å². The number of ether oxygens (including phenoxy) is 1. The number of hydrogen-bond donors (Lipinski definition) is 2. The van der Waals surface area contributed by atoms with Crippen molar-refractivity contribution in [3.63, 3.8) is 0 Å². The largest absolute Gasteiger partial charge is 0.486 e. The first-order valence-corrected chi connectivity index (χ1v) is 5.93.